The van der Waals surface area contributed by atoms with E-state index in [2.05, 4.69) is 21.0 Å². The molecule has 124 valence electrons. The summed E-state index contributed by atoms with van der Waals surface area (Å²) >= 11 is 1.52. The van der Waals surface area contributed by atoms with Gasteiger partial charge in [0.1, 0.15) is 0 Å². The number of nitrogens with two attached hydrogens (primary N) is 1. The minimum atomic E-state index is 0.139. The largest absolute Gasteiger partial charge is 0.399 e. The van der Waals surface area contributed by atoms with Crippen LogP contribution in [0.1, 0.15) is 19.8 Å². The number of anilines is 1. The van der Waals surface area contributed by atoms with Crippen LogP contribution in [0.2, 0.25) is 0 Å². The Hall–Kier alpha value is -1.73. The Morgan fingerprint density at radius 1 is 1.39 bits per heavy atom. The molecule has 23 heavy (non-hydrogen) atoms. The fraction of sp³-hybridized carbons (Fsp3) is 0.500. The standard InChI is InChI=1S/C16H23N5OS/c1-2-18-15(20-23-14-5-3-13(17)4-6-14)21-12-16(11-19-21)7-9-22-10-8-16/h3-6,11H,2,7-10,12,17H2,1H3,(H,18,20). The molecule has 6 nitrogen and oxygen atoms in total. The van der Waals surface area contributed by atoms with Gasteiger partial charge in [-0.05, 0) is 56.0 Å². The number of benzene rings is 1. The lowest BCUT2D eigenvalue weighted by Gasteiger charge is -2.31. The number of ether oxygens (including phenoxy) is 1. The van der Waals surface area contributed by atoms with E-state index >= 15 is 0 Å². The van der Waals surface area contributed by atoms with Crippen LogP contribution in [0.3, 0.4) is 0 Å². The van der Waals surface area contributed by atoms with E-state index in [0.29, 0.717) is 6.54 Å². The normalized spacial score (nSPS) is 20.2. The van der Waals surface area contributed by atoms with Crippen LogP contribution >= 0.6 is 11.9 Å². The van der Waals surface area contributed by atoms with Gasteiger partial charge in [0, 0.05) is 42.0 Å². The van der Waals surface area contributed by atoms with Crippen molar-refractivity contribution >= 4 is 29.8 Å². The van der Waals surface area contributed by atoms with Gasteiger partial charge in [-0.1, -0.05) is 0 Å². The molecule has 0 aliphatic carbocycles. The second kappa shape index (κ2) is 7.23. The average Bonchev–Trinajstić information content (AvgIpc) is 2.97. The van der Waals surface area contributed by atoms with Gasteiger partial charge in [0.15, 0.2) is 0 Å². The Morgan fingerprint density at radius 3 is 2.83 bits per heavy atom. The van der Waals surface area contributed by atoms with Crippen LogP contribution in [0.5, 0.6) is 0 Å². The highest BCUT2D eigenvalue weighted by atomic mass is 32.2. The van der Waals surface area contributed by atoms with Crippen LogP contribution in [0.15, 0.2) is 39.3 Å². The van der Waals surface area contributed by atoms with Crippen LogP contribution in [0, 0.1) is 5.41 Å². The van der Waals surface area contributed by atoms with E-state index in [4.69, 9.17) is 10.5 Å². The van der Waals surface area contributed by atoms with E-state index in [-0.39, 0.29) is 5.41 Å². The number of hydrogen-bond acceptors (Lipinski definition) is 5. The van der Waals surface area contributed by atoms with E-state index in [1.807, 2.05) is 36.2 Å². The Morgan fingerprint density at radius 2 is 2.13 bits per heavy atom. The fourth-order valence-electron chi connectivity index (χ4n) is 2.72. The maximum absolute atomic E-state index is 5.72. The molecule has 7 heteroatoms. The van der Waals surface area contributed by atoms with Crippen molar-refractivity contribution in [3.63, 3.8) is 0 Å². The number of aliphatic imine (C=N–C) groups is 1. The zero-order chi connectivity index (χ0) is 16.1. The number of hydrogen-bond donors (Lipinski definition) is 2. The molecule has 3 rings (SSSR count). The Balaban J connectivity index is 1.62. The predicted molar refractivity (Wildman–Crippen MR) is 95.5 cm³/mol. The second-order valence-corrected chi connectivity index (χ2v) is 6.73. The third-order valence-corrected chi connectivity index (χ3v) is 4.91. The first-order valence-electron chi connectivity index (χ1n) is 7.94. The van der Waals surface area contributed by atoms with E-state index in [1.54, 1.807) is 0 Å². The number of guanidine groups is 1. The Kier molecular flexibility index (Phi) is 5.07. The maximum Gasteiger partial charge on any atom is 0.225 e. The summed E-state index contributed by atoms with van der Waals surface area (Å²) in [6, 6.07) is 7.77. The number of hydrazone groups is 1. The minimum Gasteiger partial charge on any atom is -0.399 e. The first-order valence-corrected chi connectivity index (χ1v) is 8.76. The summed E-state index contributed by atoms with van der Waals surface area (Å²) in [5.41, 5.74) is 6.62. The van der Waals surface area contributed by atoms with Gasteiger partial charge in [-0.3, -0.25) is 9.71 Å². The van der Waals surface area contributed by atoms with E-state index in [1.165, 1.54) is 11.9 Å². The van der Waals surface area contributed by atoms with E-state index in [0.717, 1.165) is 49.1 Å². The molecule has 1 fully saturated rings. The van der Waals surface area contributed by atoms with Crippen molar-refractivity contribution in [2.24, 2.45) is 15.5 Å². The highest BCUT2D eigenvalue weighted by molar-refractivity contribution is 7.98. The molecule has 1 aromatic carbocycles. The number of rotatable bonds is 3. The molecule has 1 spiro atoms. The molecule has 0 saturated carbocycles. The summed E-state index contributed by atoms with van der Waals surface area (Å²) in [7, 11) is 0. The lowest BCUT2D eigenvalue weighted by Crippen LogP contribution is -2.40. The number of nitrogen functional groups attached to an aromatic ring is 1. The first kappa shape index (κ1) is 16.1. The van der Waals surface area contributed by atoms with Crippen LogP contribution in [0.25, 0.3) is 0 Å². The zero-order valence-electron chi connectivity index (χ0n) is 13.4. The third-order valence-electron chi connectivity index (χ3n) is 4.12. The molecule has 0 radical (unpaired) electrons. The summed E-state index contributed by atoms with van der Waals surface area (Å²) in [6.07, 6.45) is 4.13. The highest BCUT2D eigenvalue weighted by Crippen LogP contribution is 2.33. The first-order chi connectivity index (χ1) is 11.2. The summed E-state index contributed by atoms with van der Waals surface area (Å²) in [5.74, 6) is 0.800. The molecular formula is C16H23N5OS. The van der Waals surface area contributed by atoms with Crippen molar-refractivity contribution in [2.75, 3.05) is 32.0 Å². The number of nitrogens with one attached hydrogen (secondary N) is 1. The molecule has 0 amide bonds. The van der Waals surface area contributed by atoms with Crippen LogP contribution in [-0.4, -0.2) is 43.5 Å². The molecule has 0 unspecified atom stereocenters. The SMILES string of the molecule is CCN=C(NSc1ccc(N)cc1)N1CC2(C=N1)CCOCC2. The molecule has 1 saturated heterocycles. The monoisotopic (exact) mass is 333 g/mol. The van der Waals surface area contributed by atoms with Crippen LogP contribution in [0.4, 0.5) is 5.69 Å². The summed E-state index contributed by atoms with van der Waals surface area (Å²) in [5, 5.41) is 6.56. The molecular weight excluding hydrogens is 310 g/mol. The van der Waals surface area contributed by atoms with Crippen molar-refractivity contribution in [3.05, 3.63) is 24.3 Å². The van der Waals surface area contributed by atoms with Crippen LogP contribution < -0.4 is 10.5 Å². The molecule has 1 aromatic rings. The van der Waals surface area contributed by atoms with Crippen LogP contribution in [-0.2, 0) is 4.74 Å². The van der Waals surface area contributed by atoms with Crippen molar-refractivity contribution < 1.29 is 4.74 Å². The van der Waals surface area contributed by atoms with Gasteiger partial charge in [-0.2, -0.15) is 5.10 Å². The average molecular weight is 333 g/mol. The van der Waals surface area contributed by atoms with Crippen molar-refractivity contribution in [1.29, 1.82) is 0 Å². The Bertz CT molecular complexity index is 581. The smallest absolute Gasteiger partial charge is 0.225 e. The van der Waals surface area contributed by atoms with Gasteiger partial charge in [-0.15, -0.1) is 0 Å². The van der Waals surface area contributed by atoms with Gasteiger partial charge < -0.3 is 10.5 Å². The molecule has 0 bridgehead atoms. The lowest BCUT2D eigenvalue weighted by atomic mass is 9.82. The third kappa shape index (κ3) is 3.97. The zero-order valence-corrected chi connectivity index (χ0v) is 14.2. The molecule has 3 N–H and O–H groups in total. The molecule has 0 aromatic heterocycles. The fourth-order valence-corrected chi connectivity index (χ4v) is 3.37. The topological polar surface area (TPSA) is 75.2 Å². The summed E-state index contributed by atoms with van der Waals surface area (Å²) in [6.45, 7) is 5.23. The molecule has 2 aliphatic heterocycles. The molecule has 2 heterocycles. The van der Waals surface area contributed by atoms with Gasteiger partial charge in [-0.25, -0.2) is 5.01 Å². The van der Waals surface area contributed by atoms with Crippen molar-refractivity contribution in [2.45, 2.75) is 24.7 Å². The van der Waals surface area contributed by atoms with Gasteiger partial charge in [0.05, 0.1) is 6.54 Å². The predicted octanol–water partition coefficient (Wildman–Crippen LogP) is 2.34. The summed E-state index contributed by atoms with van der Waals surface area (Å²) in [4.78, 5) is 5.65. The lowest BCUT2D eigenvalue weighted by molar-refractivity contribution is 0.0453. The van der Waals surface area contributed by atoms with E-state index in [9.17, 15) is 0 Å². The van der Waals surface area contributed by atoms with Gasteiger partial charge in [0.25, 0.3) is 0 Å². The van der Waals surface area contributed by atoms with Gasteiger partial charge >= 0.3 is 0 Å². The maximum atomic E-state index is 5.72. The second-order valence-electron chi connectivity index (χ2n) is 5.85. The minimum absolute atomic E-state index is 0.139. The van der Waals surface area contributed by atoms with Crippen molar-refractivity contribution in [1.82, 2.24) is 9.73 Å². The van der Waals surface area contributed by atoms with E-state index < -0.39 is 0 Å². The highest BCUT2D eigenvalue weighted by Gasteiger charge is 2.38. The number of nitrogens with zero attached hydrogens (tertiary/aromatic N) is 3. The molecule has 0 atom stereocenters. The quantitative estimate of drug-likeness (QED) is 0.384. The van der Waals surface area contributed by atoms with Gasteiger partial charge in [0.2, 0.25) is 5.96 Å². The van der Waals surface area contributed by atoms with Crippen molar-refractivity contribution in [3.8, 4) is 0 Å². The molecule has 2 aliphatic rings. The Labute approximate surface area is 141 Å². The summed E-state index contributed by atoms with van der Waals surface area (Å²) < 4.78 is 8.80.